The summed E-state index contributed by atoms with van der Waals surface area (Å²) < 4.78 is 0. The second-order valence-corrected chi connectivity index (χ2v) is 6.12. The van der Waals surface area contributed by atoms with Gasteiger partial charge in [0.05, 0.1) is 0 Å². The van der Waals surface area contributed by atoms with Crippen molar-refractivity contribution in [3.8, 4) is 0 Å². The third kappa shape index (κ3) is 3.22. The Kier molecular flexibility index (Phi) is 4.60. The van der Waals surface area contributed by atoms with Gasteiger partial charge in [0.25, 0.3) is 0 Å². The van der Waals surface area contributed by atoms with Crippen LogP contribution in [0.4, 0.5) is 5.95 Å². The molecule has 100 valence electrons. The van der Waals surface area contributed by atoms with Crippen LogP contribution in [0.2, 0.25) is 0 Å². The highest BCUT2D eigenvalue weighted by Crippen LogP contribution is 2.23. The van der Waals surface area contributed by atoms with Gasteiger partial charge in [0, 0.05) is 29.8 Å². The largest absolute Gasteiger partial charge is 0.341 e. The number of aryl methyl sites for hydroxylation is 1. The summed E-state index contributed by atoms with van der Waals surface area (Å²) in [5, 5.41) is 1.12. The predicted molar refractivity (Wildman–Crippen MR) is 79.6 cm³/mol. The normalized spacial score (nSPS) is 17.5. The molecule has 1 aliphatic heterocycles. The second kappa shape index (κ2) is 6.00. The number of anilines is 1. The van der Waals surface area contributed by atoms with Gasteiger partial charge in [-0.15, -0.1) is 0 Å². The molecule has 0 saturated carbocycles. The molecule has 0 spiro atoms. The summed E-state index contributed by atoms with van der Waals surface area (Å²) >= 11 is 3.58. The van der Waals surface area contributed by atoms with E-state index in [0.29, 0.717) is 5.92 Å². The molecule has 0 aliphatic carbocycles. The Hall–Kier alpha value is -0.640. The molecular weight excluding hydrogens is 290 g/mol. The molecule has 0 amide bonds. The predicted octanol–water partition coefficient (Wildman–Crippen LogP) is 3.52. The van der Waals surface area contributed by atoms with Crippen LogP contribution in [0.1, 0.15) is 44.0 Å². The minimum atomic E-state index is 0.463. The van der Waals surface area contributed by atoms with Crippen molar-refractivity contribution in [2.45, 2.75) is 39.5 Å². The number of halogens is 1. The molecule has 1 fully saturated rings. The first-order valence-electron chi connectivity index (χ1n) is 6.76. The third-order valence-electron chi connectivity index (χ3n) is 3.57. The fourth-order valence-electron chi connectivity index (χ4n) is 2.30. The quantitative estimate of drug-likeness (QED) is 0.800. The van der Waals surface area contributed by atoms with Gasteiger partial charge in [-0.1, -0.05) is 29.8 Å². The zero-order valence-electron chi connectivity index (χ0n) is 11.5. The zero-order chi connectivity index (χ0) is 13.1. The lowest BCUT2D eigenvalue weighted by Gasteiger charge is -2.31. The Morgan fingerprint density at radius 3 is 2.56 bits per heavy atom. The standard InChI is InChI=1S/C14H22BrN3/c1-10(2)13-8-11(3)16-14(17-13)18-6-4-12(9-15)5-7-18/h8,10,12H,4-7,9H2,1-3H3. The number of aromatic nitrogens is 2. The lowest BCUT2D eigenvalue weighted by Crippen LogP contribution is -2.35. The Bertz CT molecular complexity index is 398. The molecule has 0 unspecified atom stereocenters. The van der Waals surface area contributed by atoms with Gasteiger partial charge in [-0.3, -0.25) is 0 Å². The topological polar surface area (TPSA) is 29.0 Å². The highest BCUT2D eigenvalue weighted by molar-refractivity contribution is 9.09. The average molecular weight is 312 g/mol. The summed E-state index contributed by atoms with van der Waals surface area (Å²) in [5.74, 6) is 2.20. The molecule has 1 aromatic rings. The van der Waals surface area contributed by atoms with E-state index in [4.69, 9.17) is 4.98 Å². The molecular formula is C14H22BrN3. The molecule has 0 bridgehead atoms. The number of alkyl halides is 1. The molecule has 0 aromatic carbocycles. The number of hydrogen-bond donors (Lipinski definition) is 0. The first-order valence-corrected chi connectivity index (χ1v) is 7.88. The fourth-order valence-corrected chi connectivity index (χ4v) is 2.95. The smallest absolute Gasteiger partial charge is 0.225 e. The maximum absolute atomic E-state index is 4.71. The van der Waals surface area contributed by atoms with Crippen LogP contribution in [0.3, 0.4) is 0 Å². The van der Waals surface area contributed by atoms with Crippen LogP contribution in [0, 0.1) is 12.8 Å². The lowest BCUT2D eigenvalue weighted by atomic mass is 9.99. The van der Waals surface area contributed by atoms with Crippen molar-refractivity contribution in [2.24, 2.45) is 5.92 Å². The Morgan fingerprint density at radius 2 is 2.00 bits per heavy atom. The molecule has 18 heavy (non-hydrogen) atoms. The van der Waals surface area contributed by atoms with E-state index in [1.54, 1.807) is 0 Å². The first kappa shape index (κ1) is 13.8. The van der Waals surface area contributed by atoms with Crippen LogP contribution in [0.15, 0.2) is 6.07 Å². The van der Waals surface area contributed by atoms with Gasteiger partial charge < -0.3 is 4.90 Å². The second-order valence-electron chi connectivity index (χ2n) is 5.47. The number of hydrogen-bond acceptors (Lipinski definition) is 3. The highest BCUT2D eigenvalue weighted by Gasteiger charge is 2.20. The summed E-state index contributed by atoms with van der Waals surface area (Å²) in [6, 6.07) is 2.10. The van der Waals surface area contributed by atoms with Crippen LogP contribution in [-0.4, -0.2) is 28.4 Å². The van der Waals surface area contributed by atoms with E-state index in [2.05, 4.69) is 52.7 Å². The average Bonchev–Trinajstić information content (AvgIpc) is 2.38. The van der Waals surface area contributed by atoms with E-state index in [0.717, 1.165) is 41.7 Å². The SMILES string of the molecule is Cc1cc(C(C)C)nc(N2CCC(CBr)CC2)n1. The van der Waals surface area contributed by atoms with Gasteiger partial charge >= 0.3 is 0 Å². The molecule has 2 heterocycles. The van der Waals surface area contributed by atoms with E-state index in [1.807, 2.05) is 0 Å². The number of nitrogens with zero attached hydrogens (tertiary/aromatic N) is 3. The van der Waals surface area contributed by atoms with Crippen LogP contribution >= 0.6 is 15.9 Å². The fraction of sp³-hybridized carbons (Fsp3) is 0.714. The molecule has 0 atom stereocenters. The summed E-state index contributed by atoms with van der Waals surface area (Å²) in [7, 11) is 0. The molecule has 1 aliphatic rings. The summed E-state index contributed by atoms with van der Waals surface area (Å²) in [6.07, 6.45) is 2.47. The van der Waals surface area contributed by atoms with Crippen LogP contribution in [-0.2, 0) is 0 Å². The van der Waals surface area contributed by atoms with Crippen molar-refractivity contribution < 1.29 is 0 Å². The van der Waals surface area contributed by atoms with E-state index < -0.39 is 0 Å². The minimum Gasteiger partial charge on any atom is -0.341 e. The van der Waals surface area contributed by atoms with Crippen molar-refractivity contribution in [1.82, 2.24) is 9.97 Å². The molecule has 0 N–H and O–H groups in total. The molecule has 3 nitrogen and oxygen atoms in total. The summed E-state index contributed by atoms with van der Waals surface area (Å²) in [5.41, 5.74) is 2.23. The molecule has 1 saturated heterocycles. The van der Waals surface area contributed by atoms with E-state index in [9.17, 15) is 0 Å². The van der Waals surface area contributed by atoms with E-state index in [-0.39, 0.29) is 0 Å². The monoisotopic (exact) mass is 311 g/mol. The summed E-state index contributed by atoms with van der Waals surface area (Å²) in [6.45, 7) is 8.59. The van der Waals surface area contributed by atoms with Gasteiger partial charge in [0.15, 0.2) is 0 Å². The zero-order valence-corrected chi connectivity index (χ0v) is 13.1. The number of piperidine rings is 1. The van der Waals surface area contributed by atoms with Crippen molar-refractivity contribution >= 4 is 21.9 Å². The molecule has 1 aromatic heterocycles. The Morgan fingerprint density at radius 1 is 1.33 bits per heavy atom. The lowest BCUT2D eigenvalue weighted by molar-refractivity contribution is 0.442. The Balaban J connectivity index is 2.13. The van der Waals surface area contributed by atoms with Crippen LogP contribution in [0.25, 0.3) is 0 Å². The maximum Gasteiger partial charge on any atom is 0.225 e. The van der Waals surface area contributed by atoms with Crippen molar-refractivity contribution in [2.75, 3.05) is 23.3 Å². The van der Waals surface area contributed by atoms with Gasteiger partial charge in [-0.25, -0.2) is 9.97 Å². The van der Waals surface area contributed by atoms with Crippen molar-refractivity contribution in [3.05, 3.63) is 17.5 Å². The summed E-state index contributed by atoms with van der Waals surface area (Å²) in [4.78, 5) is 11.6. The van der Waals surface area contributed by atoms with Crippen molar-refractivity contribution in [3.63, 3.8) is 0 Å². The molecule has 4 heteroatoms. The third-order valence-corrected chi connectivity index (χ3v) is 4.49. The van der Waals surface area contributed by atoms with Gasteiger partial charge in [-0.05, 0) is 37.7 Å². The first-order chi connectivity index (χ1) is 8.60. The minimum absolute atomic E-state index is 0.463. The number of rotatable bonds is 3. The van der Waals surface area contributed by atoms with E-state index in [1.165, 1.54) is 12.8 Å². The van der Waals surface area contributed by atoms with E-state index >= 15 is 0 Å². The molecule has 0 radical (unpaired) electrons. The van der Waals surface area contributed by atoms with Crippen molar-refractivity contribution in [1.29, 1.82) is 0 Å². The molecule has 2 rings (SSSR count). The maximum atomic E-state index is 4.71. The van der Waals surface area contributed by atoms with Crippen LogP contribution < -0.4 is 4.90 Å². The van der Waals surface area contributed by atoms with Gasteiger partial charge in [-0.2, -0.15) is 0 Å². The van der Waals surface area contributed by atoms with Gasteiger partial charge in [0.1, 0.15) is 0 Å². The van der Waals surface area contributed by atoms with Crippen LogP contribution in [0.5, 0.6) is 0 Å². The van der Waals surface area contributed by atoms with Gasteiger partial charge in [0.2, 0.25) is 5.95 Å². The Labute approximate surface area is 118 Å². The highest BCUT2D eigenvalue weighted by atomic mass is 79.9.